The van der Waals surface area contributed by atoms with Crippen molar-refractivity contribution in [3.8, 4) is 0 Å². The van der Waals surface area contributed by atoms with Crippen molar-refractivity contribution in [2.45, 2.75) is 52.9 Å². The van der Waals surface area contributed by atoms with Gasteiger partial charge in [0.1, 0.15) is 6.73 Å². The van der Waals surface area contributed by atoms with Crippen LogP contribution < -0.4 is 0 Å². The molecule has 0 aliphatic heterocycles. The molecule has 0 N–H and O–H groups in total. The lowest BCUT2D eigenvalue weighted by Gasteiger charge is -2.41. The van der Waals surface area contributed by atoms with Crippen molar-refractivity contribution < 1.29 is 28.5 Å². The summed E-state index contributed by atoms with van der Waals surface area (Å²) < 4.78 is 33.1. The van der Waals surface area contributed by atoms with Crippen LogP contribution in [0.1, 0.15) is 27.7 Å². The lowest BCUT2D eigenvalue weighted by molar-refractivity contribution is -0.230. The zero-order valence-corrected chi connectivity index (χ0v) is 19.6. The summed E-state index contributed by atoms with van der Waals surface area (Å²) in [5.41, 5.74) is 0. The zero-order valence-electron chi connectivity index (χ0n) is 18.7. The van der Waals surface area contributed by atoms with Crippen LogP contribution in [0.15, 0.2) is 4.91 Å². The summed E-state index contributed by atoms with van der Waals surface area (Å²) in [7, 11) is 10.5. The van der Waals surface area contributed by atoms with Gasteiger partial charge in [0.05, 0.1) is 0 Å². The Morgan fingerprint density at radius 1 is 0.741 bits per heavy atom. The third-order valence-electron chi connectivity index (χ3n) is 3.76. The van der Waals surface area contributed by atoms with Crippen LogP contribution in [-0.4, -0.2) is 95.4 Å². The Bertz CT molecular complexity index is 443. The summed E-state index contributed by atoms with van der Waals surface area (Å²) in [5, 5.41) is 0. The molecular weight excluding hydrogens is 375 g/mol. The van der Waals surface area contributed by atoms with Crippen molar-refractivity contribution in [3.63, 3.8) is 0 Å². The Kier molecular flexibility index (Phi) is 13.1. The molecule has 0 aliphatic carbocycles. The van der Waals surface area contributed by atoms with E-state index in [0.717, 1.165) is 0 Å². The van der Waals surface area contributed by atoms with Crippen LogP contribution in [0.3, 0.4) is 0 Å². The van der Waals surface area contributed by atoms with Crippen LogP contribution in [0.25, 0.3) is 0 Å². The molecule has 0 aromatic rings. The van der Waals surface area contributed by atoms with E-state index in [1.807, 2.05) is 63.1 Å². The van der Waals surface area contributed by atoms with Crippen LogP contribution in [0.5, 0.6) is 0 Å². The minimum atomic E-state index is -2.36. The van der Waals surface area contributed by atoms with Gasteiger partial charge in [0.15, 0.2) is 32.7 Å². The summed E-state index contributed by atoms with van der Waals surface area (Å²) >= 11 is 0. The first-order valence-corrected chi connectivity index (χ1v) is 10.4. The molecule has 0 heterocycles. The number of nitrogens with zero attached hydrogens (tertiary/aromatic N) is 4. The molecule has 0 bridgehead atoms. The lowest BCUT2D eigenvalue weighted by atomic mass is 10.7. The van der Waals surface area contributed by atoms with Crippen LogP contribution in [0.4, 0.5) is 0 Å². The van der Waals surface area contributed by atoms with Crippen LogP contribution in [-0.2, 0) is 28.5 Å². The SMILES string of the molecule is COC(C)OC(C)OCN(C)P(=NOC(C)OC(C)OC)(N(C)C)N(C)C. The minimum Gasteiger partial charge on any atom is -0.356 e. The van der Waals surface area contributed by atoms with Gasteiger partial charge in [-0.25, -0.2) is 9.51 Å². The number of hydrogen-bond acceptors (Lipinski definition) is 7. The zero-order chi connectivity index (χ0) is 21.2. The Labute approximate surface area is 164 Å². The van der Waals surface area contributed by atoms with Gasteiger partial charge in [0, 0.05) is 14.2 Å². The maximum Gasteiger partial charge on any atom is 0.199 e. The number of rotatable bonds is 14. The number of hydrogen-bond donors (Lipinski definition) is 0. The monoisotopic (exact) mass is 414 g/mol. The average molecular weight is 414 g/mol. The fourth-order valence-electron chi connectivity index (χ4n) is 2.31. The van der Waals surface area contributed by atoms with E-state index < -0.39 is 20.1 Å². The largest absolute Gasteiger partial charge is 0.356 e. The van der Waals surface area contributed by atoms with E-state index in [-0.39, 0.29) is 19.3 Å². The van der Waals surface area contributed by atoms with Crippen molar-refractivity contribution in [2.75, 3.05) is 56.2 Å². The highest BCUT2D eigenvalue weighted by molar-refractivity contribution is 7.58. The van der Waals surface area contributed by atoms with Gasteiger partial charge in [-0.05, 0) is 62.9 Å². The van der Waals surface area contributed by atoms with E-state index in [1.165, 1.54) is 0 Å². The van der Waals surface area contributed by atoms with Gasteiger partial charge in [-0.3, -0.25) is 9.34 Å². The number of methoxy groups -OCH3 is 2. The third kappa shape index (κ3) is 8.82. The summed E-state index contributed by atoms with van der Waals surface area (Å²) in [6, 6.07) is 0. The van der Waals surface area contributed by atoms with Gasteiger partial charge in [0.2, 0.25) is 0 Å². The van der Waals surface area contributed by atoms with Crippen molar-refractivity contribution >= 4 is 7.51 Å². The first-order chi connectivity index (χ1) is 12.5. The van der Waals surface area contributed by atoms with Gasteiger partial charge < -0.3 is 23.7 Å². The van der Waals surface area contributed by atoms with Crippen molar-refractivity contribution in [2.24, 2.45) is 4.91 Å². The second-order valence-electron chi connectivity index (χ2n) is 6.39. The van der Waals surface area contributed by atoms with Gasteiger partial charge in [-0.15, -0.1) is 4.91 Å². The Hall–Kier alpha value is -0.130. The topological polar surface area (TPSA) is 77.5 Å². The predicted octanol–water partition coefficient (Wildman–Crippen LogP) is 2.60. The van der Waals surface area contributed by atoms with Gasteiger partial charge in [-0.2, -0.15) is 0 Å². The van der Waals surface area contributed by atoms with Gasteiger partial charge in [-0.1, -0.05) is 0 Å². The summed E-state index contributed by atoms with van der Waals surface area (Å²) in [5.74, 6) is 0. The van der Waals surface area contributed by atoms with Crippen LogP contribution in [0.2, 0.25) is 0 Å². The molecule has 0 aromatic heterocycles. The molecule has 4 atom stereocenters. The third-order valence-corrected chi connectivity index (χ3v) is 7.25. The molecule has 10 nitrogen and oxygen atoms in total. The second kappa shape index (κ2) is 13.2. The maximum absolute atomic E-state index is 5.80. The van der Waals surface area contributed by atoms with E-state index in [1.54, 1.807) is 28.1 Å². The van der Waals surface area contributed by atoms with Crippen LogP contribution >= 0.6 is 7.51 Å². The van der Waals surface area contributed by atoms with E-state index >= 15 is 0 Å². The minimum absolute atomic E-state index is 0.290. The first kappa shape index (κ1) is 26.9. The first-order valence-electron chi connectivity index (χ1n) is 8.84. The molecule has 11 heteroatoms. The Morgan fingerprint density at radius 2 is 1.19 bits per heavy atom. The molecular formula is C16H39N4O6P. The highest BCUT2D eigenvalue weighted by Gasteiger charge is 2.33. The highest BCUT2D eigenvalue weighted by Crippen LogP contribution is 2.55. The molecule has 0 fully saturated rings. The molecule has 164 valence electrons. The quantitative estimate of drug-likeness (QED) is 0.242. The fraction of sp³-hybridized carbons (Fsp3) is 1.00. The van der Waals surface area contributed by atoms with Gasteiger partial charge in [0.25, 0.3) is 0 Å². The molecule has 27 heavy (non-hydrogen) atoms. The van der Waals surface area contributed by atoms with Crippen molar-refractivity contribution in [3.05, 3.63) is 0 Å². The molecule has 0 spiro atoms. The van der Waals surface area contributed by atoms with Crippen LogP contribution in [0, 0.1) is 0 Å². The molecule has 4 unspecified atom stereocenters. The standard InChI is InChI=1S/C16H39N4O6P/c1-13(21-10)24-15(3)23-12-20(9)27(18(5)6,19(7)8)17-26-16(4)25-14(2)22-11/h13-16H,12H2,1-11H3. The lowest BCUT2D eigenvalue weighted by Crippen LogP contribution is -2.36. The normalized spacial score (nSPS) is 17.4. The van der Waals surface area contributed by atoms with Crippen molar-refractivity contribution in [1.82, 2.24) is 14.0 Å². The fourth-order valence-corrected chi connectivity index (χ4v) is 5.15. The van der Waals surface area contributed by atoms with E-state index in [9.17, 15) is 0 Å². The average Bonchev–Trinajstić information content (AvgIpc) is 2.59. The summed E-state index contributed by atoms with van der Waals surface area (Å²) in [4.78, 5) is 10.2. The molecule has 0 saturated carbocycles. The highest BCUT2D eigenvalue weighted by atomic mass is 31.2. The molecule has 0 radical (unpaired) electrons. The van der Waals surface area contributed by atoms with Gasteiger partial charge >= 0.3 is 0 Å². The Balaban J connectivity index is 5.23. The van der Waals surface area contributed by atoms with E-state index in [2.05, 4.69) is 4.91 Å². The smallest absolute Gasteiger partial charge is 0.199 e. The van der Waals surface area contributed by atoms with E-state index in [0.29, 0.717) is 0 Å². The molecule has 0 aromatic carbocycles. The van der Waals surface area contributed by atoms with E-state index in [4.69, 9.17) is 28.5 Å². The number of ether oxygens (including phenoxy) is 5. The predicted molar refractivity (Wildman–Crippen MR) is 106 cm³/mol. The molecule has 0 amide bonds. The molecule has 0 aliphatic rings. The van der Waals surface area contributed by atoms with Crippen molar-refractivity contribution in [1.29, 1.82) is 0 Å². The Morgan fingerprint density at radius 3 is 1.59 bits per heavy atom. The summed E-state index contributed by atoms with van der Waals surface area (Å²) in [6.45, 7) is 7.50. The second-order valence-corrected chi connectivity index (χ2v) is 9.91. The molecule has 0 saturated heterocycles. The summed E-state index contributed by atoms with van der Waals surface area (Å²) in [6.07, 6.45) is -1.72. The maximum atomic E-state index is 5.80. The molecule has 0 rings (SSSR count).